The lowest BCUT2D eigenvalue weighted by molar-refractivity contribution is -0.130. The summed E-state index contributed by atoms with van der Waals surface area (Å²) in [5.74, 6) is 3.27. The summed E-state index contributed by atoms with van der Waals surface area (Å²) in [6.07, 6.45) is 14.4. The van der Waals surface area contributed by atoms with E-state index in [-0.39, 0.29) is 23.5 Å². The molecule has 0 spiro atoms. The SMILES string of the molecule is Cc1cc(O)cc(C)c1CC(NC(=O)C(N)CCCn1ccnc1N)C(=O)N[C@@H](CCCN)c1nc(CC23CC4CC(CC(C4)C2)C3)no1. The molecule has 7 rings (SSSR count). The van der Waals surface area contributed by atoms with E-state index in [4.69, 9.17) is 26.7 Å². The van der Waals surface area contributed by atoms with Crippen LogP contribution in [0.1, 0.15) is 98.7 Å². The Labute approximate surface area is 288 Å². The zero-order valence-electron chi connectivity index (χ0n) is 28.9. The van der Waals surface area contributed by atoms with Crippen LogP contribution in [0.25, 0.3) is 0 Å². The Bertz CT molecular complexity index is 1560. The summed E-state index contributed by atoms with van der Waals surface area (Å²) in [6, 6.07) is 0.961. The normalized spacial score (nSPS) is 24.4. The molecule has 2 unspecified atom stereocenters. The molecule has 4 bridgehead atoms. The maximum Gasteiger partial charge on any atom is 0.249 e. The molecule has 2 aromatic heterocycles. The van der Waals surface area contributed by atoms with Crippen LogP contribution in [0.5, 0.6) is 5.75 Å². The number of nitrogens with two attached hydrogens (primary N) is 3. The van der Waals surface area contributed by atoms with Crippen molar-refractivity contribution in [3.05, 3.63) is 52.9 Å². The van der Waals surface area contributed by atoms with Gasteiger partial charge < -0.3 is 42.0 Å². The minimum Gasteiger partial charge on any atom is -0.508 e. The van der Waals surface area contributed by atoms with E-state index < -0.39 is 24.0 Å². The Hall–Kier alpha value is -3.97. The fourth-order valence-corrected chi connectivity index (χ4v) is 9.30. The van der Waals surface area contributed by atoms with E-state index in [1.54, 1.807) is 29.1 Å². The van der Waals surface area contributed by atoms with Crippen LogP contribution in [0.15, 0.2) is 29.0 Å². The first-order chi connectivity index (χ1) is 23.5. The number of nitrogens with one attached hydrogen (secondary N) is 2. The van der Waals surface area contributed by atoms with Crippen LogP contribution in [-0.2, 0) is 29.0 Å². The Morgan fingerprint density at radius 2 is 1.71 bits per heavy atom. The maximum atomic E-state index is 14.1. The number of nitrogen functional groups attached to an aromatic ring is 1. The van der Waals surface area contributed by atoms with Gasteiger partial charge in [-0.3, -0.25) is 9.59 Å². The number of phenols is 1. The summed E-state index contributed by atoms with van der Waals surface area (Å²) in [4.78, 5) is 36.4. The molecule has 2 amide bonds. The number of phenolic OH excluding ortho intramolecular Hbond substituents is 1. The number of aromatic nitrogens is 4. The summed E-state index contributed by atoms with van der Waals surface area (Å²) in [7, 11) is 0. The number of nitrogens with zero attached hydrogens (tertiary/aromatic N) is 4. The summed E-state index contributed by atoms with van der Waals surface area (Å²) < 4.78 is 7.62. The average Bonchev–Trinajstić information content (AvgIpc) is 3.67. The number of rotatable bonds is 16. The fourth-order valence-electron chi connectivity index (χ4n) is 9.30. The van der Waals surface area contributed by atoms with Crippen molar-refractivity contribution < 1.29 is 19.2 Å². The first-order valence-electron chi connectivity index (χ1n) is 18.0. The van der Waals surface area contributed by atoms with E-state index in [2.05, 4.69) is 20.8 Å². The molecule has 13 heteroatoms. The molecule has 4 fully saturated rings. The fraction of sp³-hybridized carbons (Fsp3) is 0.639. The van der Waals surface area contributed by atoms with Gasteiger partial charge in [-0.2, -0.15) is 4.98 Å². The molecule has 266 valence electrons. The Morgan fingerprint density at radius 1 is 1.04 bits per heavy atom. The molecule has 9 N–H and O–H groups in total. The number of aryl methyl sites for hydroxylation is 3. The van der Waals surface area contributed by atoms with E-state index in [0.717, 1.165) is 40.9 Å². The van der Waals surface area contributed by atoms with Crippen LogP contribution >= 0.6 is 0 Å². The van der Waals surface area contributed by atoms with Gasteiger partial charge in [0, 0.05) is 31.8 Å². The van der Waals surface area contributed by atoms with Gasteiger partial charge in [0.05, 0.1) is 6.04 Å². The molecule has 1 aromatic carbocycles. The molecule has 0 radical (unpaired) electrons. The van der Waals surface area contributed by atoms with Crippen molar-refractivity contribution in [2.24, 2.45) is 34.6 Å². The molecule has 3 aromatic rings. The first kappa shape index (κ1) is 34.9. The maximum absolute atomic E-state index is 14.1. The summed E-state index contributed by atoms with van der Waals surface area (Å²) in [5.41, 5.74) is 20.8. The van der Waals surface area contributed by atoms with Gasteiger partial charge in [0.15, 0.2) is 11.8 Å². The Kier molecular flexibility index (Phi) is 10.6. The third kappa shape index (κ3) is 8.26. The smallest absolute Gasteiger partial charge is 0.249 e. The molecule has 4 aliphatic rings. The van der Waals surface area contributed by atoms with Crippen LogP contribution < -0.4 is 27.8 Å². The van der Waals surface area contributed by atoms with Gasteiger partial charge in [0.25, 0.3) is 0 Å². The minimum atomic E-state index is -0.945. The number of benzene rings is 1. The van der Waals surface area contributed by atoms with Crippen molar-refractivity contribution in [1.29, 1.82) is 0 Å². The third-order valence-electron chi connectivity index (χ3n) is 11.2. The van der Waals surface area contributed by atoms with Gasteiger partial charge >= 0.3 is 0 Å². The molecular formula is C36H53N9O4. The van der Waals surface area contributed by atoms with E-state index in [1.165, 1.54) is 38.5 Å². The number of hydrogen-bond donors (Lipinski definition) is 6. The van der Waals surface area contributed by atoms with E-state index in [9.17, 15) is 14.7 Å². The molecule has 4 saturated carbocycles. The number of aromatic hydroxyl groups is 1. The largest absolute Gasteiger partial charge is 0.508 e. The zero-order valence-corrected chi connectivity index (χ0v) is 28.9. The van der Waals surface area contributed by atoms with Crippen molar-refractivity contribution in [3.63, 3.8) is 0 Å². The highest BCUT2D eigenvalue weighted by molar-refractivity contribution is 5.90. The van der Waals surface area contributed by atoms with E-state index in [0.29, 0.717) is 56.4 Å². The quantitative estimate of drug-likeness (QED) is 0.130. The number of carbonyl (C=O) groups excluding carboxylic acids is 2. The number of anilines is 1. The number of carbonyl (C=O) groups is 2. The lowest BCUT2D eigenvalue weighted by atomic mass is 9.49. The number of imidazole rings is 1. The minimum absolute atomic E-state index is 0.145. The van der Waals surface area contributed by atoms with Crippen molar-refractivity contribution in [1.82, 2.24) is 30.3 Å². The number of hydrogen-bond acceptors (Lipinski definition) is 10. The Morgan fingerprint density at radius 3 is 2.33 bits per heavy atom. The van der Waals surface area contributed by atoms with Crippen molar-refractivity contribution in [3.8, 4) is 5.75 Å². The van der Waals surface area contributed by atoms with Crippen molar-refractivity contribution in [2.75, 3.05) is 12.3 Å². The standard InChI is InChI=1S/C36H53N9O4/c1-21-11-26(46)12-22(2)27(21)16-30(42-32(47)28(38)5-4-9-45-10-8-40-35(45)39)33(48)41-29(6-3-7-37)34-43-31(44-49-34)20-36-17-23-13-24(18-36)15-25(14-23)19-36/h8,10-12,23-25,28-30,46H,3-7,9,13-20,37-38H2,1-2H3,(H2,39,40)(H,41,48)(H,42,47)/t23?,24?,25?,28?,29-,30?,36?/m0/s1. The van der Waals surface area contributed by atoms with Gasteiger partial charge in [0.2, 0.25) is 17.7 Å². The average molecular weight is 676 g/mol. The summed E-state index contributed by atoms with van der Waals surface area (Å²) >= 11 is 0. The molecule has 0 aliphatic heterocycles. The molecule has 3 atom stereocenters. The van der Waals surface area contributed by atoms with Crippen LogP contribution in [0.3, 0.4) is 0 Å². The lowest BCUT2D eigenvalue weighted by Crippen LogP contribution is -2.53. The highest BCUT2D eigenvalue weighted by Crippen LogP contribution is 2.60. The highest BCUT2D eigenvalue weighted by Gasteiger charge is 2.51. The summed E-state index contributed by atoms with van der Waals surface area (Å²) in [5, 5.41) is 20.6. The number of amides is 2. The first-order valence-corrected chi connectivity index (χ1v) is 18.0. The van der Waals surface area contributed by atoms with Crippen molar-refractivity contribution in [2.45, 2.75) is 116 Å². The predicted octanol–water partition coefficient (Wildman–Crippen LogP) is 3.36. The van der Waals surface area contributed by atoms with E-state index >= 15 is 0 Å². The predicted molar refractivity (Wildman–Crippen MR) is 185 cm³/mol. The van der Waals surface area contributed by atoms with E-state index in [1.807, 2.05) is 13.8 Å². The van der Waals surface area contributed by atoms with Crippen LogP contribution in [0.4, 0.5) is 5.95 Å². The van der Waals surface area contributed by atoms with Gasteiger partial charge in [-0.1, -0.05) is 5.16 Å². The molecular weight excluding hydrogens is 622 g/mol. The van der Waals surface area contributed by atoms with Crippen molar-refractivity contribution >= 4 is 17.8 Å². The highest BCUT2D eigenvalue weighted by atomic mass is 16.5. The monoisotopic (exact) mass is 675 g/mol. The molecule has 49 heavy (non-hydrogen) atoms. The second-order valence-corrected chi connectivity index (χ2v) is 15.2. The van der Waals surface area contributed by atoms with Gasteiger partial charge in [-0.15, -0.1) is 0 Å². The topological polar surface area (TPSA) is 213 Å². The molecule has 13 nitrogen and oxygen atoms in total. The van der Waals surface area contributed by atoms with Gasteiger partial charge in [-0.25, -0.2) is 4.98 Å². The third-order valence-corrected chi connectivity index (χ3v) is 11.2. The molecule has 0 saturated heterocycles. The summed E-state index contributed by atoms with van der Waals surface area (Å²) in [6.45, 7) is 4.76. The van der Waals surface area contributed by atoms with Gasteiger partial charge in [0.1, 0.15) is 17.8 Å². The van der Waals surface area contributed by atoms with Crippen LogP contribution in [-0.4, -0.2) is 55.2 Å². The Balaban J connectivity index is 1.16. The second kappa shape index (κ2) is 14.9. The van der Waals surface area contributed by atoms with Gasteiger partial charge in [-0.05, 0) is 137 Å². The second-order valence-electron chi connectivity index (χ2n) is 15.2. The van der Waals surface area contributed by atoms with Crippen LogP contribution in [0, 0.1) is 37.0 Å². The lowest BCUT2D eigenvalue weighted by Gasteiger charge is -2.56. The molecule has 4 aliphatic carbocycles. The van der Waals surface area contributed by atoms with Crippen LogP contribution in [0.2, 0.25) is 0 Å². The zero-order chi connectivity index (χ0) is 34.7. The molecule has 2 heterocycles.